The largest absolute Gasteiger partial charge is 0.338 e. The number of likely N-dealkylation sites (tertiary alicyclic amines) is 1. The minimum atomic E-state index is -0.845. The smallest absolute Gasteiger partial charge is 0.296 e. The number of carbonyl (C=O) groups is 4. The number of rotatable bonds is 5. The van der Waals surface area contributed by atoms with Gasteiger partial charge in [-0.25, -0.2) is 0 Å². The minimum Gasteiger partial charge on any atom is -0.338 e. The first-order valence-corrected chi connectivity index (χ1v) is 10.4. The first-order valence-electron chi connectivity index (χ1n) is 10.4. The molecule has 1 aliphatic heterocycles. The summed E-state index contributed by atoms with van der Waals surface area (Å²) in [7, 11) is 0. The Morgan fingerprint density at radius 1 is 0.903 bits per heavy atom. The zero-order chi connectivity index (χ0) is 22.5. The van der Waals surface area contributed by atoms with Crippen molar-refractivity contribution in [3.05, 3.63) is 59.7 Å². The van der Waals surface area contributed by atoms with Crippen molar-refractivity contribution in [2.75, 3.05) is 23.7 Å². The highest BCUT2D eigenvalue weighted by molar-refractivity contribution is 6.47. The van der Waals surface area contributed by atoms with E-state index in [9.17, 15) is 19.2 Å². The Bertz CT molecular complexity index is 1010. The molecule has 3 rings (SSSR count). The molecule has 31 heavy (non-hydrogen) atoms. The van der Waals surface area contributed by atoms with Crippen molar-refractivity contribution < 1.29 is 19.2 Å². The van der Waals surface area contributed by atoms with E-state index in [1.54, 1.807) is 42.5 Å². The molecule has 1 fully saturated rings. The van der Waals surface area contributed by atoms with Gasteiger partial charge in [0.2, 0.25) is 5.91 Å². The van der Waals surface area contributed by atoms with Gasteiger partial charge in [-0.2, -0.15) is 0 Å². The van der Waals surface area contributed by atoms with E-state index in [1.165, 1.54) is 13.0 Å². The van der Waals surface area contributed by atoms with Crippen molar-refractivity contribution in [2.45, 2.75) is 27.2 Å². The number of Topliss-reactive ketones (excluding diaryl/α,β-unsaturated/α-hetero) is 1. The highest BCUT2D eigenvalue weighted by Gasteiger charge is 2.26. The Morgan fingerprint density at radius 2 is 1.58 bits per heavy atom. The maximum absolute atomic E-state index is 12.9. The van der Waals surface area contributed by atoms with Crippen LogP contribution in [0.4, 0.5) is 11.4 Å². The summed E-state index contributed by atoms with van der Waals surface area (Å²) in [5, 5.41) is 5.12. The zero-order valence-electron chi connectivity index (χ0n) is 18.0. The number of amides is 3. The molecule has 2 atom stereocenters. The Morgan fingerprint density at radius 3 is 2.26 bits per heavy atom. The van der Waals surface area contributed by atoms with Gasteiger partial charge >= 0.3 is 0 Å². The number of hydrogen-bond donors (Lipinski definition) is 2. The second-order valence-electron chi connectivity index (χ2n) is 8.25. The summed E-state index contributed by atoms with van der Waals surface area (Å²) in [5.74, 6) is -1.17. The van der Waals surface area contributed by atoms with Gasteiger partial charge in [-0.1, -0.05) is 32.0 Å². The number of nitrogens with one attached hydrogen (secondary N) is 2. The molecule has 1 aliphatic rings. The Kier molecular flexibility index (Phi) is 6.84. The van der Waals surface area contributed by atoms with Gasteiger partial charge in [-0.05, 0) is 48.6 Å². The number of benzene rings is 2. The lowest BCUT2D eigenvalue weighted by Crippen LogP contribution is -2.42. The molecule has 1 heterocycles. The van der Waals surface area contributed by atoms with Crippen LogP contribution in [0.1, 0.15) is 47.9 Å². The first-order chi connectivity index (χ1) is 14.7. The molecule has 1 saturated heterocycles. The van der Waals surface area contributed by atoms with Crippen LogP contribution in [0.15, 0.2) is 48.5 Å². The Balaban J connectivity index is 1.74. The number of carbonyl (C=O) groups excluding carboxylic acids is 4. The van der Waals surface area contributed by atoms with Crippen LogP contribution < -0.4 is 10.6 Å². The van der Waals surface area contributed by atoms with Gasteiger partial charge in [-0.3, -0.25) is 19.2 Å². The minimum absolute atomic E-state index is 0.0863. The Labute approximate surface area is 181 Å². The van der Waals surface area contributed by atoms with Crippen LogP contribution in [0.3, 0.4) is 0 Å². The molecule has 162 valence electrons. The van der Waals surface area contributed by atoms with Crippen molar-refractivity contribution in [3.63, 3.8) is 0 Å². The highest BCUT2D eigenvalue weighted by atomic mass is 16.2. The maximum atomic E-state index is 12.9. The number of para-hydroxylation sites is 1. The van der Waals surface area contributed by atoms with E-state index in [2.05, 4.69) is 24.5 Å². The highest BCUT2D eigenvalue weighted by Crippen LogP contribution is 2.23. The molecule has 2 aromatic carbocycles. The summed E-state index contributed by atoms with van der Waals surface area (Å²) < 4.78 is 0. The third-order valence-corrected chi connectivity index (χ3v) is 5.21. The summed E-state index contributed by atoms with van der Waals surface area (Å²) in [6.07, 6.45) is 1.10. The first kappa shape index (κ1) is 22.2. The van der Waals surface area contributed by atoms with Crippen LogP contribution >= 0.6 is 0 Å². The SMILES string of the molecule is CC(=O)Nc1ccccc1C(=O)C(=O)Nc1cccc(C(=O)N2C[C@@H](C)C[C@H](C)C2)c1. The van der Waals surface area contributed by atoms with Crippen molar-refractivity contribution in [3.8, 4) is 0 Å². The zero-order valence-corrected chi connectivity index (χ0v) is 18.0. The van der Waals surface area contributed by atoms with E-state index in [-0.39, 0.29) is 23.1 Å². The van der Waals surface area contributed by atoms with E-state index in [1.807, 2.05) is 4.90 Å². The molecular formula is C24H27N3O4. The van der Waals surface area contributed by atoms with Crippen molar-refractivity contribution in [1.82, 2.24) is 4.90 Å². The lowest BCUT2D eigenvalue weighted by atomic mass is 9.91. The second-order valence-corrected chi connectivity index (χ2v) is 8.25. The van der Waals surface area contributed by atoms with Crippen LogP contribution in [0.25, 0.3) is 0 Å². The average molecular weight is 421 g/mol. The van der Waals surface area contributed by atoms with Gasteiger partial charge in [0, 0.05) is 31.3 Å². The molecule has 0 aromatic heterocycles. The van der Waals surface area contributed by atoms with Crippen LogP contribution in [0.2, 0.25) is 0 Å². The van der Waals surface area contributed by atoms with Crippen molar-refractivity contribution >= 4 is 34.9 Å². The molecule has 3 amide bonds. The summed E-state index contributed by atoms with van der Waals surface area (Å²) in [4.78, 5) is 51.3. The van der Waals surface area contributed by atoms with Crippen LogP contribution in [0.5, 0.6) is 0 Å². The number of nitrogens with zero attached hydrogens (tertiary/aromatic N) is 1. The summed E-state index contributed by atoms with van der Waals surface area (Å²) in [6.45, 7) is 7.01. The molecule has 0 bridgehead atoms. The van der Waals surface area contributed by atoms with E-state index < -0.39 is 11.7 Å². The standard InChI is InChI=1S/C24H27N3O4/c1-15-11-16(2)14-27(13-15)24(31)18-7-6-8-19(12-18)26-23(30)22(29)20-9-4-5-10-21(20)25-17(3)28/h4-10,12,15-16H,11,13-14H2,1-3H3,(H,25,28)(H,26,30)/t15-,16-/m0/s1. The maximum Gasteiger partial charge on any atom is 0.296 e. The van der Waals surface area contributed by atoms with Gasteiger partial charge in [-0.15, -0.1) is 0 Å². The summed E-state index contributed by atoms with van der Waals surface area (Å²) in [6, 6.07) is 12.9. The van der Waals surface area contributed by atoms with Crippen molar-refractivity contribution in [2.24, 2.45) is 11.8 Å². The van der Waals surface area contributed by atoms with Crippen molar-refractivity contribution in [1.29, 1.82) is 0 Å². The van der Waals surface area contributed by atoms with Gasteiger partial charge in [0.1, 0.15) is 0 Å². The van der Waals surface area contributed by atoms with E-state index in [0.717, 1.165) is 6.42 Å². The quantitative estimate of drug-likeness (QED) is 0.570. The average Bonchev–Trinajstić information content (AvgIpc) is 2.72. The van der Waals surface area contributed by atoms with Gasteiger partial charge < -0.3 is 15.5 Å². The monoisotopic (exact) mass is 421 g/mol. The molecule has 7 nitrogen and oxygen atoms in total. The van der Waals surface area contributed by atoms with E-state index in [0.29, 0.717) is 36.2 Å². The number of piperidine rings is 1. The summed E-state index contributed by atoms with van der Waals surface area (Å²) >= 11 is 0. The van der Waals surface area contributed by atoms with E-state index in [4.69, 9.17) is 0 Å². The molecule has 0 spiro atoms. The lowest BCUT2D eigenvalue weighted by molar-refractivity contribution is -0.114. The summed E-state index contributed by atoms with van der Waals surface area (Å²) in [5.41, 5.74) is 1.19. The molecular weight excluding hydrogens is 394 g/mol. The predicted molar refractivity (Wildman–Crippen MR) is 119 cm³/mol. The van der Waals surface area contributed by atoms with Crippen LogP contribution in [-0.2, 0) is 9.59 Å². The third kappa shape index (κ3) is 5.57. The number of ketones is 1. The van der Waals surface area contributed by atoms with E-state index >= 15 is 0 Å². The molecule has 0 aliphatic carbocycles. The fourth-order valence-electron chi connectivity index (χ4n) is 4.03. The molecule has 0 saturated carbocycles. The van der Waals surface area contributed by atoms with Crippen LogP contribution in [-0.4, -0.2) is 41.5 Å². The van der Waals surface area contributed by atoms with Crippen LogP contribution in [0, 0.1) is 11.8 Å². The van der Waals surface area contributed by atoms with Gasteiger partial charge in [0.05, 0.1) is 11.3 Å². The lowest BCUT2D eigenvalue weighted by Gasteiger charge is -2.35. The second kappa shape index (κ2) is 9.55. The predicted octanol–water partition coefficient (Wildman–Crippen LogP) is 3.58. The number of hydrogen-bond acceptors (Lipinski definition) is 4. The number of anilines is 2. The topological polar surface area (TPSA) is 95.6 Å². The van der Waals surface area contributed by atoms with Gasteiger partial charge in [0.25, 0.3) is 17.6 Å². The fourth-order valence-corrected chi connectivity index (χ4v) is 4.03. The third-order valence-electron chi connectivity index (χ3n) is 5.21. The fraction of sp³-hybridized carbons (Fsp3) is 0.333. The molecule has 2 N–H and O–H groups in total. The molecule has 0 radical (unpaired) electrons. The molecule has 2 aromatic rings. The molecule has 7 heteroatoms. The van der Waals surface area contributed by atoms with Gasteiger partial charge in [0.15, 0.2) is 0 Å². The Hall–Kier alpha value is -3.48. The normalized spacial score (nSPS) is 18.2. The molecule has 0 unspecified atom stereocenters.